The van der Waals surface area contributed by atoms with E-state index in [9.17, 15) is 0 Å². The molecule has 0 bridgehead atoms. The molecule has 19 heavy (non-hydrogen) atoms. The molecule has 0 unspecified atom stereocenters. The molecule has 19 heteroatoms. The van der Waals surface area contributed by atoms with Gasteiger partial charge in [0.15, 0.2) is 0 Å². The second-order valence-corrected chi connectivity index (χ2v) is 0. The topological polar surface area (TPSA) is 360 Å². The van der Waals surface area contributed by atoms with Crippen LogP contribution in [0.1, 0.15) is 0 Å². The Kier molecular flexibility index (Phi) is 19900. The monoisotopic (exact) mass is 755 g/mol. The van der Waals surface area contributed by atoms with E-state index in [1.807, 2.05) is 0 Å². The van der Waals surface area contributed by atoms with Gasteiger partial charge in [0.25, 0.3) is 0 Å². The third kappa shape index (κ3) is 521. The quantitative estimate of drug-likeness (QED) is 0.239. The van der Waals surface area contributed by atoms with Gasteiger partial charge in [-0.25, -0.2) is 0 Å². The molecular formula is H12O12Ru4Ti3. The van der Waals surface area contributed by atoms with E-state index in [2.05, 4.69) is 0 Å². The minimum atomic E-state index is 0. The van der Waals surface area contributed by atoms with Crippen molar-refractivity contribution in [1.82, 2.24) is 0 Å². The van der Waals surface area contributed by atoms with Crippen LogP contribution in [0.25, 0.3) is 0 Å². The molecule has 0 atom stereocenters. The minimum absolute atomic E-state index is 0. The molecule has 0 spiro atoms. The van der Waals surface area contributed by atoms with Crippen molar-refractivity contribution < 1.29 is 209 Å². The maximum Gasteiger partial charge on any atom is 3.00 e. The Morgan fingerprint density at radius 1 is 0.158 bits per heavy atom. The molecule has 128 valence electrons. The number of rotatable bonds is 0. The zero-order valence-corrected chi connectivity index (χ0v) is 19.9. The van der Waals surface area contributed by atoms with Gasteiger partial charge in [0, 0.05) is 65.2 Å². The summed E-state index contributed by atoms with van der Waals surface area (Å²) in [6, 6.07) is 0. The smallest absolute Gasteiger partial charge is 0.870 e. The summed E-state index contributed by atoms with van der Waals surface area (Å²) < 4.78 is 0. The fourth-order valence-electron chi connectivity index (χ4n) is 0. The van der Waals surface area contributed by atoms with E-state index in [0.717, 1.165) is 0 Å². The van der Waals surface area contributed by atoms with Crippen LogP contribution in [0.4, 0.5) is 0 Å². The molecule has 0 aliphatic rings. The summed E-state index contributed by atoms with van der Waals surface area (Å²) in [4.78, 5) is 0. The Morgan fingerprint density at radius 3 is 0.158 bits per heavy atom. The van der Waals surface area contributed by atoms with Gasteiger partial charge in [-0.05, 0) is 0 Å². The average Bonchev–Trinajstić information content (AvgIpc) is 0. The molecular weight excluding hydrogens is 740 g/mol. The van der Waals surface area contributed by atoms with Crippen LogP contribution in [0.2, 0.25) is 0 Å². The van der Waals surface area contributed by atoms with Gasteiger partial charge in [0.1, 0.15) is 0 Å². The second-order valence-electron chi connectivity index (χ2n) is 0. The van der Waals surface area contributed by atoms with E-state index in [4.69, 9.17) is 0 Å². The van der Waals surface area contributed by atoms with Gasteiger partial charge in [-0.2, -0.15) is 0 Å². The molecule has 4 radical (unpaired) electrons. The normalized spacial score (nSPS) is 0. The van der Waals surface area contributed by atoms with Gasteiger partial charge >= 0.3 is 77.9 Å². The summed E-state index contributed by atoms with van der Waals surface area (Å²) >= 11 is 0. The summed E-state index contributed by atoms with van der Waals surface area (Å²) in [5.74, 6) is 0. The van der Waals surface area contributed by atoms with Gasteiger partial charge in [-0.1, -0.05) is 0 Å². The predicted octanol–water partition coefficient (Wildman–Crippen LogP) is -2.14. The zero-order valence-electron chi connectivity index (χ0n) is 8.28. The van der Waals surface area contributed by atoms with E-state index in [1.54, 1.807) is 0 Å². The van der Waals surface area contributed by atoms with Crippen molar-refractivity contribution in [1.29, 1.82) is 0 Å². The first-order valence-corrected chi connectivity index (χ1v) is 0. The maximum atomic E-state index is 0. The molecule has 0 saturated carbocycles. The molecule has 0 aromatic carbocycles. The van der Waals surface area contributed by atoms with E-state index in [-0.39, 0.29) is 209 Å². The van der Waals surface area contributed by atoms with Crippen molar-refractivity contribution in [2.45, 2.75) is 0 Å². The van der Waals surface area contributed by atoms with E-state index < -0.39 is 0 Å². The first-order valence-electron chi connectivity index (χ1n) is 0. The van der Waals surface area contributed by atoms with Crippen LogP contribution in [0, 0.1) is 0 Å². The number of hydrogen-bond donors (Lipinski definition) is 0. The van der Waals surface area contributed by atoms with Crippen LogP contribution < -0.4 is 0 Å². The molecule has 0 aliphatic heterocycles. The third-order valence-corrected chi connectivity index (χ3v) is 0. The largest absolute Gasteiger partial charge is 3.00 e. The van der Waals surface area contributed by atoms with Crippen LogP contribution in [0.3, 0.4) is 0 Å². The maximum absolute atomic E-state index is 0. The van der Waals surface area contributed by atoms with Crippen molar-refractivity contribution in [3.05, 3.63) is 0 Å². The summed E-state index contributed by atoms with van der Waals surface area (Å²) in [6.07, 6.45) is 0. The van der Waals surface area contributed by atoms with Crippen molar-refractivity contribution in [3.63, 3.8) is 0 Å². The molecule has 12 nitrogen and oxygen atoms in total. The molecule has 0 aromatic rings. The van der Waals surface area contributed by atoms with Crippen LogP contribution in [-0.2, 0) is 143 Å². The molecule has 0 aliphatic carbocycles. The summed E-state index contributed by atoms with van der Waals surface area (Å²) in [7, 11) is 0. The van der Waals surface area contributed by atoms with Crippen LogP contribution in [0.5, 0.6) is 0 Å². The Morgan fingerprint density at radius 2 is 0.158 bits per heavy atom. The van der Waals surface area contributed by atoms with Gasteiger partial charge in [0.2, 0.25) is 0 Å². The molecule has 12 N–H and O–H groups in total. The van der Waals surface area contributed by atoms with Crippen molar-refractivity contribution in [2.24, 2.45) is 0 Å². The molecule has 0 amide bonds. The average molecular weight is 752 g/mol. The molecule has 0 aromatic heterocycles. The predicted molar refractivity (Wildman–Crippen MR) is 23.2 cm³/mol. The van der Waals surface area contributed by atoms with Crippen LogP contribution >= 0.6 is 0 Å². The van der Waals surface area contributed by atoms with Crippen molar-refractivity contribution >= 4 is 0 Å². The molecule has 0 saturated heterocycles. The van der Waals surface area contributed by atoms with E-state index >= 15 is 0 Å². The Labute approximate surface area is 206 Å². The SMILES string of the molecule is [OH-].[OH-].[OH-].[OH-].[OH-].[OH-].[OH-].[OH-].[OH-].[OH-].[OH-].[OH-].[Ru+3].[Ru+3].[Ru+3].[Ru+3].[Ti].[Ti].[Ti]. The van der Waals surface area contributed by atoms with Gasteiger partial charge in [-0.15, -0.1) is 0 Å². The standard InChI is InChI=1S/12H2O.4Ru.3Ti/h12*1H2;;;;;;;/q;;;;;;;;;;;;4*+3;;;/p-12. The summed E-state index contributed by atoms with van der Waals surface area (Å²) in [5, 5.41) is 0. The first kappa shape index (κ1) is 658. The second kappa shape index (κ2) is 574. The zero-order chi connectivity index (χ0) is 0. The summed E-state index contributed by atoms with van der Waals surface area (Å²) in [6.45, 7) is 0. The third-order valence-electron chi connectivity index (χ3n) is 0. The van der Waals surface area contributed by atoms with Gasteiger partial charge in [0.05, 0.1) is 0 Å². The van der Waals surface area contributed by atoms with E-state index in [1.165, 1.54) is 0 Å². The van der Waals surface area contributed by atoms with Crippen molar-refractivity contribution in [2.75, 3.05) is 0 Å². The summed E-state index contributed by atoms with van der Waals surface area (Å²) in [5.41, 5.74) is 0. The molecule has 0 rings (SSSR count). The van der Waals surface area contributed by atoms with E-state index in [0.29, 0.717) is 0 Å². The fourth-order valence-corrected chi connectivity index (χ4v) is 0. The Bertz CT molecular complexity index is 24.9. The fraction of sp³-hybridized carbons (Fsp3) is 0. The molecule has 0 heterocycles. The Hall–Kier alpha value is 4.16. The van der Waals surface area contributed by atoms with Crippen molar-refractivity contribution in [3.8, 4) is 0 Å². The molecule has 0 fully saturated rings. The van der Waals surface area contributed by atoms with Gasteiger partial charge in [-0.3, -0.25) is 0 Å². The van der Waals surface area contributed by atoms with Gasteiger partial charge < -0.3 is 65.7 Å². The minimum Gasteiger partial charge on any atom is -0.870 e. The number of hydrogen-bond acceptors (Lipinski definition) is 12. The van der Waals surface area contributed by atoms with Crippen LogP contribution in [0.15, 0.2) is 0 Å². The Balaban J connectivity index is 0. The first-order chi connectivity index (χ1) is 0. The van der Waals surface area contributed by atoms with Crippen LogP contribution in [-0.4, -0.2) is 65.7 Å².